The molecule has 4 aromatic rings. The SMILES string of the molecule is CCc1ccc(-c2ccc(-c3cc(F)c(C(F)(F)Oc4cc(F)c(OC(F)(F)F)c(F)c4)c(F)c3)c(F)c2)cc1. The minimum Gasteiger partial charge on any atom is -0.429 e. The monoisotopic (exact) mass is 574 g/mol. The number of halogens is 10. The molecule has 0 aromatic heterocycles. The second-order valence-electron chi connectivity index (χ2n) is 8.44. The summed E-state index contributed by atoms with van der Waals surface area (Å²) in [6, 6.07) is 11.6. The summed E-state index contributed by atoms with van der Waals surface area (Å²) < 4.78 is 145. The van der Waals surface area contributed by atoms with Gasteiger partial charge in [-0.3, -0.25) is 0 Å². The molecule has 0 radical (unpaired) electrons. The van der Waals surface area contributed by atoms with Crippen molar-refractivity contribution in [1.29, 1.82) is 0 Å². The number of alkyl halides is 5. The molecule has 0 fully saturated rings. The zero-order chi connectivity index (χ0) is 29.4. The van der Waals surface area contributed by atoms with Crippen LogP contribution < -0.4 is 9.47 Å². The minimum atomic E-state index is -5.50. The summed E-state index contributed by atoms with van der Waals surface area (Å²) in [5.74, 6) is -12.2. The van der Waals surface area contributed by atoms with Crippen molar-refractivity contribution < 1.29 is 53.4 Å². The third-order valence-electron chi connectivity index (χ3n) is 5.74. The first kappa shape index (κ1) is 28.8. The van der Waals surface area contributed by atoms with Crippen molar-refractivity contribution in [2.45, 2.75) is 25.8 Å². The van der Waals surface area contributed by atoms with Crippen molar-refractivity contribution in [3.8, 4) is 33.8 Å². The highest BCUT2D eigenvalue weighted by molar-refractivity contribution is 5.71. The van der Waals surface area contributed by atoms with E-state index in [2.05, 4.69) is 9.47 Å². The molecule has 2 nitrogen and oxygen atoms in total. The molecule has 4 aromatic carbocycles. The predicted octanol–water partition coefficient (Wildman–Crippen LogP) is 9.31. The number of benzene rings is 4. The van der Waals surface area contributed by atoms with E-state index in [0.717, 1.165) is 18.1 Å². The van der Waals surface area contributed by atoms with Gasteiger partial charge in [-0.1, -0.05) is 43.3 Å². The summed E-state index contributed by atoms with van der Waals surface area (Å²) in [7, 11) is 0. The molecule has 4 rings (SSSR count). The third kappa shape index (κ3) is 6.16. The summed E-state index contributed by atoms with van der Waals surface area (Å²) in [6.45, 7) is 1.96. The molecule has 0 aliphatic heterocycles. The van der Waals surface area contributed by atoms with E-state index in [1.54, 1.807) is 12.1 Å². The van der Waals surface area contributed by atoms with Gasteiger partial charge in [0.1, 0.15) is 28.8 Å². The van der Waals surface area contributed by atoms with Gasteiger partial charge in [-0.05, 0) is 46.9 Å². The van der Waals surface area contributed by atoms with E-state index in [0.29, 0.717) is 23.3 Å². The molecule has 0 atom stereocenters. The van der Waals surface area contributed by atoms with Gasteiger partial charge in [0.05, 0.1) is 0 Å². The summed E-state index contributed by atoms with van der Waals surface area (Å²) in [6.07, 6.45) is -9.60. The molecule has 0 aliphatic carbocycles. The normalized spacial score (nSPS) is 12.0. The fourth-order valence-electron chi connectivity index (χ4n) is 3.88. The van der Waals surface area contributed by atoms with E-state index in [9.17, 15) is 43.9 Å². The molecule has 0 N–H and O–H groups in total. The fourth-order valence-corrected chi connectivity index (χ4v) is 3.88. The number of ether oxygens (including phenoxy) is 2. The maximum atomic E-state index is 14.9. The minimum absolute atomic E-state index is 0.0883. The van der Waals surface area contributed by atoms with Crippen molar-refractivity contribution in [2.24, 2.45) is 0 Å². The maximum Gasteiger partial charge on any atom is 0.573 e. The van der Waals surface area contributed by atoms with Gasteiger partial charge in [0.15, 0.2) is 11.6 Å². The van der Waals surface area contributed by atoms with Crippen LogP contribution in [0.4, 0.5) is 43.9 Å². The second-order valence-corrected chi connectivity index (χ2v) is 8.44. The van der Waals surface area contributed by atoms with Gasteiger partial charge < -0.3 is 9.47 Å². The maximum absolute atomic E-state index is 14.9. The molecule has 0 heterocycles. The summed E-state index contributed by atoms with van der Waals surface area (Å²) in [5, 5.41) is 0. The Kier molecular flexibility index (Phi) is 7.73. The Morgan fingerprint density at radius 2 is 1.10 bits per heavy atom. The van der Waals surface area contributed by atoms with Gasteiger partial charge >= 0.3 is 12.5 Å². The zero-order valence-corrected chi connectivity index (χ0v) is 20.2. The van der Waals surface area contributed by atoms with Gasteiger partial charge in [-0.15, -0.1) is 13.2 Å². The highest BCUT2D eigenvalue weighted by Crippen LogP contribution is 2.40. The fraction of sp³-hybridized carbons (Fsp3) is 0.143. The molecule has 210 valence electrons. The largest absolute Gasteiger partial charge is 0.573 e. The molecule has 12 heteroatoms. The van der Waals surface area contributed by atoms with Gasteiger partial charge in [-0.25, -0.2) is 22.0 Å². The predicted molar refractivity (Wildman–Crippen MR) is 124 cm³/mol. The zero-order valence-electron chi connectivity index (χ0n) is 20.2. The Bertz CT molecular complexity index is 1500. The molecule has 40 heavy (non-hydrogen) atoms. The molecule has 0 aliphatic rings. The van der Waals surface area contributed by atoms with Gasteiger partial charge in [0.25, 0.3) is 0 Å². The van der Waals surface area contributed by atoms with Gasteiger partial charge in [0.2, 0.25) is 5.75 Å². The molecule has 0 saturated carbocycles. The Morgan fingerprint density at radius 1 is 0.575 bits per heavy atom. The summed E-state index contributed by atoms with van der Waals surface area (Å²) >= 11 is 0. The van der Waals surface area contributed by atoms with Crippen LogP contribution >= 0.6 is 0 Å². The van der Waals surface area contributed by atoms with Gasteiger partial charge in [0, 0.05) is 17.7 Å². The van der Waals surface area contributed by atoms with E-state index in [-0.39, 0.29) is 17.7 Å². The lowest BCUT2D eigenvalue weighted by Crippen LogP contribution is -2.25. The second kappa shape index (κ2) is 10.7. The molecular weight excluding hydrogens is 558 g/mol. The van der Waals surface area contributed by atoms with Crippen LogP contribution in [0.3, 0.4) is 0 Å². The van der Waals surface area contributed by atoms with Crippen molar-refractivity contribution >= 4 is 0 Å². The Balaban J connectivity index is 1.62. The first-order chi connectivity index (χ1) is 18.7. The van der Waals surface area contributed by atoms with Crippen LogP contribution in [0.25, 0.3) is 22.3 Å². The first-order valence-electron chi connectivity index (χ1n) is 11.4. The average Bonchev–Trinajstić information content (AvgIpc) is 2.85. The van der Waals surface area contributed by atoms with Crippen LogP contribution in [0.1, 0.15) is 18.1 Å². The Morgan fingerprint density at radius 3 is 1.60 bits per heavy atom. The number of hydrogen-bond donors (Lipinski definition) is 0. The van der Waals surface area contributed by atoms with Crippen molar-refractivity contribution in [3.05, 3.63) is 107 Å². The Labute approximate surface area is 220 Å². The van der Waals surface area contributed by atoms with Crippen molar-refractivity contribution in [1.82, 2.24) is 0 Å². The molecule has 0 unspecified atom stereocenters. The molecule has 0 bridgehead atoms. The first-order valence-corrected chi connectivity index (χ1v) is 11.4. The van der Waals surface area contributed by atoms with E-state index in [4.69, 9.17) is 0 Å². The van der Waals surface area contributed by atoms with Crippen LogP contribution in [0.15, 0.2) is 66.7 Å². The average molecular weight is 574 g/mol. The van der Waals surface area contributed by atoms with E-state index in [1.807, 2.05) is 19.1 Å². The van der Waals surface area contributed by atoms with Crippen LogP contribution in [0, 0.1) is 29.1 Å². The lowest BCUT2D eigenvalue weighted by molar-refractivity contribution is -0.276. The number of hydrogen-bond acceptors (Lipinski definition) is 2. The highest BCUT2D eigenvalue weighted by Gasteiger charge is 2.42. The molecule has 0 amide bonds. The quantitative estimate of drug-likeness (QED) is 0.205. The van der Waals surface area contributed by atoms with Crippen LogP contribution in [-0.4, -0.2) is 6.36 Å². The van der Waals surface area contributed by atoms with E-state index < -0.39 is 64.2 Å². The van der Waals surface area contributed by atoms with Crippen LogP contribution in [0.5, 0.6) is 11.5 Å². The van der Waals surface area contributed by atoms with Crippen LogP contribution in [0.2, 0.25) is 0 Å². The topological polar surface area (TPSA) is 18.5 Å². The van der Waals surface area contributed by atoms with Gasteiger partial charge in [-0.2, -0.15) is 8.78 Å². The highest BCUT2D eigenvalue weighted by atomic mass is 19.4. The third-order valence-corrected chi connectivity index (χ3v) is 5.74. The number of aryl methyl sites for hydroxylation is 1. The van der Waals surface area contributed by atoms with Crippen LogP contribution in [-0.2, 0) is 12.5 Å². The lowest BCUT2D eigenvalue weighted by atomic mass is 9.97. The molecule has 0 spiro atoms. The van der Waals surface area contributed by atoms with E-state index in [1.165, 1.54) is 12.1 Å². The lowest BCUT2D eigenvalue weighted by Gasteiger charge is -2.20. The smallest absolute Gasteiger partial charge is 0.429 e. The Hall–Kier alpha value is -4.22. The molecular formula is C28H16F10O2. The summed E-state index contributed by atoms with van der Waals surface area (Å²) in [4.78, 5) is 0. The summed E-state index contributed by atoms with van der Waals surface area (Å²) in [5.41, 5.74) is -0.570. The van der Waals surface area contributed by atoms with Crippen molar-refractivity contribution in [2.75, 3.05) is 0 Å². The standard InChI is InChI=1S/C28H16F10O2/c1-2-14-3-5-15(6-4-14)16-7-8-19(20(29)9-16)17-10-21(30)25(22(31)11-17)27(34,35)39-18-12-23(32)26(24(33)13-18)40-28(36,37)38/h3-13H,2H2,1H3. The molecule has 0 saturated heterocycles. The number of rotatable bonds is 7. The van der Waals surface area contributed by atoms with E-state index >= 15 is 0 Å². The van der Waals surface area contributed by atoms with Crippen molar-refractivity contribution in [3.63, 3.8) is 0 Å².